The van der Waals surface area contributed by atoms with Gasteiger partial charge in [0.05, 0.1) is 18.5 Å². The average molecular weight is 407 g/mol. The maximum Gasteiger partial charge on any atom is 0.274 e. The Hall–Kier alpha value is -3.75. The molecule has 2 aromatic heterocycles. The molecule has 0 aliphatic carbocycles. The lowest BCUT2D eigenvalue weighted by atomic mass is 10.2. The number of aromatic amines is 1. The van der Waals surface area contributed by atoms with Crippen molar-refractivity contribution in [1.82, 2.24) is 24.8 Å². The number of hydrogen-bond acceptors (Lipinski definition) is 7. The largest absolute Gasteiger partial charge is 0.491 e. The van der Waals surface area contributed by atoms with Crippen molar-refractivity contribution >= 4 is 5.91 Å². The molecule has 30 heavy (non-hydrogen) atoms. The van der Waals surface area contributed by atoms with Gasteiger partial charge in [-0.15, -0.1) is 0 Å². The van der Waals surface area contributed by atoms with Gasteiger partial charge in [-0.1, -0.05) is 0 Å². The minimum Gasteiger partial charge on any atom is -0.491 e. The SMILES string of the molecule is CC(C)Oc1cc(Oc2cnc(C(=O)N3CCC3)cn2)cc(-c2nccc(=O)[nH]2)c1. The van der Waals surface area contributed by atoms with E-state index in [0.29, 0.717) is 22.9 Å². The van der Waals surface area contributed by atoms with Crippen molar-refractivity contribution in [1.29, 1.82) is 0 Å². The van der Waals surface area contributed by atoms with Crippen LogP contribution in [0.25, 0.3) is 11.4 Å². The zero-order valence-electron chi connectivity index (χ0n) is 16.7. The van der Waals surface area contributed by atoms with Crippen LogP contribution in [0.1, 0.15) is 30.8 Å². The van der Waals surface area contributed by atoms with Crippen molar-refractivity contribution in [3.05, 3.63) is 58.9 Å². The van der Waals surface area contributed by atoms with E-state index < -0.39 is 0 Å². The van der Waals surface area contributed by atoms with Crippen molar-refractivity contribution < 1.29 is 14.3 Å². The number of hydrogen-bond donors (Lipinski definition) is 1. The number of nitrogens with one attached hydrogen (secondary N) is 1. The predicted molar refractivity (Wildman–Crippen MR) is 109 cm³/mol. The lowest BCUT2D eigenvalue weighted by molar-refractivity contribution is 0.0645. The highest BCUT2D eigenvalue weighted by molar-refractivity contribution is 5.92. The molecule has 0 bridgehead atoms. The van der Waals surface area contributed by atoms with Gasteiger partial charge in [0.25, 0.3) is 11.5 Å². The van der Waals surface area contributed by atoms with Crippen LogP contribution in [0, 0.1) is 0 Å². The van der Waals surface area contributed by atoms with Gasteiger partial charge in [0, 0.05) is 37.0 Å². The third-order valence-electron chi connectivity index (χ3n) is 4.41. The summed E-state index contributed by atoms with van der Waals surface area (Å²) < 4.78 is 11.6. The van der Waals surface area contributed by atoms with E-state index in [0.717, 1.165) is 19.5 Å². The van der Waals surface area contributed by atoms with Crippen LogP contribution < -0.4 is 15.0 Å². The van der Waals surface area contributed by atoms with E-state index in [1.807, 2.05) is 13.8 Å². The number of amides is 1. The van der Waals surface area contributed by atoms with Crippen LogP contribution >= 0.6 is 0 Å². The van der Waals surface area contributed by atoms with Gasteiger partial charge in [-0.3, -0.25) is 9.59 Å². The van der Waals surface area contributed by atoms with Gasteiger partial charge >= 0.3 is 0 Å². The molecule has 1 aliphatic heterocycles. The average Bonchev–Trinajstić information content (AvgIpc) is 2.66. The Morgan fingerprint density at radius 1 is 1.10 bits per heavy atom. The summed E-state index contributed by atoms with van der Waals surface area (Å²) in [5.74, 6) is 1.49. The fraction of sp³-hybridized carbons (Fsp3) is 0.286. The molecule has 1 amide bonds. The summed E-state index contributed by atoms with van der Waals surface area (Å²) in [6.07, 6.45) is 5.21. The van der Waals surface area contributed by atoms with Crippen LogP contribution in [0.3, 0.4) is 0 Å². The Morgan fingerprint density at radius 3 is 2.53 bits per heavy atom. The molecule has 9 nitrogen and oxygen atoms in total. The lowest BCUT2D eigenvalue weighted by Gasteiger charge is -2.30. The van der Waals surface area contributed by atoms with Crippen molar-refractivity contribution in [2.45, 2.75) is 26.4 Å². The molecule has 3 aromatic rings. The topological polar surface area (TPSA) is 110 Å². The quantitative estimate of drug-likeness (QED) is 0.669. The van der Waals surface area contributed by atoms with Crippen molar-refractivity contribution in [3.8, 4) is 28.8 Å². The molecule has 0 atom stereocenters. The van der Waals surface area contributed by atoms with Crippen LogP contribution in [0.5, 0.6) is 17.4 Å². The summed E-state index contributed by atoms with van der Waals surface area (Å²) in [7, 11) is 0. The fourth-order valence-corrected chi connectivity index (χ4v) is 2.91. The number of aromatic nitrogens is 4. The maximum absolute atomic E-state index is 12.2. The van der Waals surface area contributed by atoms with E-state index in [2.05, 4.69) is 19.9 Å². The standard InChI is InChI=1S/C21H21N5O4/c1-13(2)29-15-8-14(20-22-5-4-18(27)25-20)9-16(10-15)30-19-12-23-17(11-24-19)21(28)26-6-3-7-26/h4-5,8-13H,3,6-7H2,1-2H3,(H,22,25,27). The molecule has 0 radical (unpaired) electrons. The first kappa shape index (κ1) is 19.6. The van der Waals surface area contributed by atoms with Crippen molar-refractivity contribution in [3.63, 3.8) is 0 Å². The van der Waals surface area contributed by atoms with E-state index in [4.69, 9.17) is 9.47 Å². The van der Waals surface area contributed by atoms with Crippen LogP contribution in [-0.2, 0) is 0 Å². The first-order valence-electron chi connectivity index (χ1n) is 9.64. The fourth-order valence-electron chi connectivity index (χ4n) is 2.91. The Kier molecular flexibility index (Phi) is 5.42. The second-order valence-corrected chi connectivity index (χ2v) is 7.13. The van der Waals surface area contributed by atoms with Crippen molar-refractivity contribution in [2.75, 3.05) is 13.1 Å². The molecule has 4 rings (SSSR count). The molecule has 0 saturated carbocycles. The predicted octanol–water partition coefficient (Wildman–Crippen LogP) is 2.65. The zero-order valence-corrected chi connectivity index (χ0v) is 16.7. The normalized spacial score (nSPS) is 13.1. The highest BCUT2D eigenvalue weighted by Crippen LogP contribution is 2.30. The third-order valence-corrected chi connectivity index (χ3v) is 4.41. The number of carbonyl (C=O) groups excluding carboxylic acids is 1. The van der Waals surface area contributed by atoms with Gasteiger partial charge in [-0.05, 0) is 32.4 Å². The Bertz CT molecular complexity index is 1110. The van der Waals surface area contributed by atoms with Gasteiger partial charge in [-0.2, -0.15) is 0 Å². The minimum atomic E-state index is -0.258. The summed E-state index contributed by atoms with van der Waals surface area (Å²) in [6, 6.07) is 6.54. The molecule has 1 saturated heterocycles. The van der Waals surface area contributed by atoms with E-state index in [1.165, 1.54) is 24.7 Å². The van der Waals surface area contributed by atoms with E-state index in [-0.39, 0.29) is 29.1 Å². The summed E-state index contributed by atoms with van der Waals surface area (Å²) in [6.45, 7) is 5.32. The van der Waals surface area contributed by atoms with Gasteiger partial charge in [-0.25, -0.2) is 15.0 Å². The van der Waals surface area contributed by atoms with Crippen molar-refractivity contribution in [2.24, 2.45) is 0 Å². The van der Waals surface area contributed by atoms with E-state index in [1.54, 1.807) is 23.1 Å². The molecule has 154 valence electrons. The molecule has 0 unspecified atom stereocenters. The van der Waals surface area contributed by atoms with Crippen LogP contribution in [0.2, 0.25) is 0 Å². The zero-order chi connectivity index (χ0) is 21.1. The number of ether oxygens (including phenoxy) is 2. The van der Waals surface area contributed by atoms with Gasteiger partial charge in [0.15, 0.2) is 0 Å². The minimum absolute atomic E-state index is 0.0533. The van der Waals surface area contributed by atoms with Crippen LogP contribution in [0.4, 0.5) is 0 Å². The molecule has 1 aliphatic rings. The number of benzene rings is 1. The van der Waals surface area contributed by atoms with E-state index in [9.17, 15) is 9.59 Å². The van der Waals surface area contributed by atoms with Gasteiger partial charge < -0.3 is 19.4 Å². The highest BCUT2D eigenvalue weighted by atomic mass is 16.5. The Labute approximate surface area is 172 Å². The summed E-state index contributed by atoms with van der Waals surface area (Å²) in [5.41, 5.74) is 0.648. The number of H-pyrrole nitrogens is 1. The summed E-state index contributed by atoms with van der Waals surface area (Å²) in [5, 5.41) is 0. The van der Waals surface area contributed by atoms with E-state index >= 15 is 0 Å². The number of rotatable bonds is 6. The Balaban J connectivity index is 1.60. The molecule has 3 heterocycles. The highest BCUT2D eigenvalue weighted by Gasteiger charge is 2.22. The second-order valence-electron chi connectivity index (χ2n) is 7.13. The third kappa shape index (κ3) is 4.45. The molecule has 1 aromatic carbocycles. The van der Waals surface area contributed by atoms with Gasteiger partial charge in [0.2, 0.25) is 5.88 Å². The van der Waals surface area contributed by atoms with Crippen LogP contribution in [0.15, 0.2) is 47.7 Å². The molecule has 9 heteroatoms. The molecular formula is C21H21N5O4. The molecule has 0 spiro atoms. The van der Waals surface area contributed by atoms with Crippen LogP contribution in [-0.4, -0.2) is 49.9 Å². The lowest BCUT2D eigenvalue weighted by Crippen LogP contribution is -2.42. The first-order chi connectivity index (χ1) is 14.5. The van der Waals surface area contributed by atoms with Gasteiger partial charge in [0.1, 0.15) is 23.0 Å². The first-order valence-corrected chi connectivity index (χ1v) is 9.64. The number of likely N-dealkylation sites (tertiary alicyclic amines) is 1. The second kappa shape index (κ2) is 8.32. The number of nitrogens with zero attached hydrogens (tertiary/aromatic N) is 4. The summed E-state index contributed by atoms with van der Waals surface area (Å²) >= 11 is 0. The maximum atomic E-state index is 12.2. The molecule has 1 N–H and O–H groups in total. The number of carbonyl (C=O) groups is 1. The smallest absolute Gasteiger partial charge is 0.274 e. The molecular weight excluding hydrogens is 386 g/mol. The summed E-state index contributed by atoms with van der Waals surface area (Å²) in [4.78, 5) is 40.8. The Morgan fingerprint density at radius 2 is 1.90 bits per heavy atom. The molecule has 1 fully saturated rings. The monoisotopic (exact) mass is 407 g/mol.